The average Bonchev–Trinajstić information content (AvgIpc) is 3.40. The first kappa shape index (κ1) is 20.0. The fraction of sp³-hybridized carbons (Fsp3) is 0.182. The molecule has 1 aliphatic rings. The lowest BCUT2D eigenvalue weighted by atomic mass is 10.0. The van der Waals surface area contributed by atoms with Gasteiger partial charge >= 0.3 is 0 Å². The Bertz CT molecular complexity index is 1350. The molecule has 32 heavy (non-hydrogen) atoms. The first-order valence-electron chi connectivity index (χ1n) is 9.80. The van der Waals surface area contributed by atoms with Gasteiger partial charge in [-0.25, -0.2) is 13.2 Å². The maximum Gasteiger partial charge on any atom is 0.268 e. The number of aryl methyl sites for hydroxylation is 1. The van der Waals surface area contributed by atoms with Gasteiger partial charge in [0.2, 0.25) is 0 Å². The van der Waals surface area contributed by atoms with E-state index in [1.54, 1.807) is 23.9 Å². The minimum atomic E-state index is -1.08. The van der Waals surface area contributed by atoms with Crippen molar-refractivity contribution in [3.05, 3.63) is 76.7 Å². The second-order valence-electron chi connectivity index (χ2n) is 7.40. The maximum atomic E-state index is 14.1. The number of halogens is 3. The molecule has 10 heteroatoms. The highest BCUT2D eigenvalue weighted by Crippen LogP contribution is 2.32. The van der Waals surface area contributed by atoms with E-state index >= 15 is 0 Å². The van der Waals surface area contributed by atoms with Crippen molar-refractivity contribution in [2.45, 2.75) is 13.0 Å². The van der Waals surface area contributed by atoms with Crippen molar-refractivity contribution in [1.82, 2.24) is 24.9 Å². The first-order chi connectivity index (χ1) is 15.4. The van der Waals surface area contributed by atoms with Crippen LogP contribution in [-0.4, -0.2) is 37.3 Å². The number of rotatable bonds is 3. The Hall–Kier alpha value is -3.95. The van der Waals surface area contributed by atoms with Crippen molar-refractivity contribution < 1.29 is 22.4 Å². The van der Waals surface area contributed by atoms with Gasteiger partial charge in [0.05, 0.1) is 12.1 Å². The average molecular weight is 439 g/mol. The molecule has 0 bridgehead atoms. The Morgan fingerprint density at radius 2 is 1.78 bits per heavy atom. The predicted molar refractivity (Wildman–Crippen MR) is 107 cm³/mol. The summed E-state index contributed by atoms with van der Waals surface area (Å²) in [6, 6.07) is 9.11. The smallest absolute Gasteiger partial charge is 0.268 e. The molecule has 0 saturated heterocycles. The monoisotopic (exact) mass is 439 g/mol. The molecular formula is C22H16F3N5O2. The number of benzene rings is 2. The van der Waals surface area contributed by atoms with Crippen LogP contribution in [-0.2, 0) is 20.0 Å². The number of aromatic nitrogens is 4. The van der Waals surface area contributed by atoms with Crippen molar-refractivity contribution in [1.29, 1.82) is 0 Å². The normalized spacial score (nSPS) is 13.3. The van der Waals surface area contributed by atoms with Crippen LogP contribution in [0.2, 0.25) is 0 Å². The maximum absolute atomic E-state index is 14.1. The largest absolute Gasteiger partial charge is 0.414 e. The highest BCUT2D eigenvalue weighted by Gasteiger charge is 2.30. The fourth-order valence-electron chi connectivity index (χ4n) is 3.81. The molecule has 0 radical (unpaired) electrons. The number of nitrogens with zero attached hydrogens (tertiary/aromatic N) is 5. The number of hydrogen-bond donors (Lipinski definition) is 0. The van der Waals surface area contributed by atoms with Crippen molar-refractivity contribution >= 4 is 5.91 Å². The third-order valence-electron chi connectivity index (χ3n) is 5.43. The summed E-state index contributed by atoms with van der Waals surface area (Å²) in [6.45, 7) is 0.557. The Balaban J connectivity index is 1.47. The summed E-state index contributed by atoms with van der Waals surface area (Å²) in [7, 11) is 1.77. The molecule has 5 rings (SSSR count). The molecule has 1 amide bonds. The summed E-state index contributed by atoms with van der Waals surface area (Å²) < 4.78 is 48.3. The van der Waals surface area contributed by atoms with Gasteiger partial charge in [-0.05, 0) is 30.3 Å². The lowest BCUT2D eigenvalue weighted by molar-refractivity contribution is 0.0733. The number of hydrogen-bond acceptors (Lipinski definition) is 5. The molecule has 162 valence electrons. The van der Waals surface area contributed by atoms with E-state index in [1.165, 1.54) is 23.1 Å². The molecule has 7 nitrogen and oxygen atoms in total. The van der Waals surface area contributed by atoms with Gasteiger partial charge in [-0.15, -0.1) is 10.2 Å². The van der Waals surface area contributed by atoms with Crippen LogP contribution >= 0.6 is 0 Å². The zero-order chi connectivity index (χ0) is 22.4. The molecule has 0 atom stereocenters. The molecule has 2 aromatic carbocycles. The number of carbonyl (C=O) groups excluding carboxylic acids is 1. The molecule has 0 unspecified atom stereocenters. The fourth-order valence-corrected chi connectivity index (χ4v) is 3.81. The van der Waals surface area contributed by atoms with Crippen LogP contribution in [0.4, 0.5) is 13.2 Å². The molecule has 4 aromatic rings. The summed E-state index contributed by atoms with van der Waals surface area (Å²) >= 11 is 0. The molecule has 0 N–H and O–H groups in total. The lowest BCUT2D eigenvalue weighted by Gasteiger charge is -2.27. The number of amides is 1. The standard InChI is InChI=1S/C22H16F3N5O2/c1-29-18-8-9-30(22(31)12-6-7-16(24)17(25)10-12)11-14(18)19(28-29)21-27-26-20(32-21)13-4-2-3-5-15(13)23/h2-7,10H,8-9,11H2,1H3. The zero-order valence-electron chi connectivity index (χ0n) is 16.8. The van der Waals surface area contributed by atoms with Crippen LogP contribution in [0, 0.1) is 17.5 Å². The topological polar surface area (TPSA) is 77.1 Å². The summed E-state index contributed by atoms with van der Waals surface area (Å²) in [6.07, 6.45) is 0.503. The van der Waals surface area contributed by atoms with Gasteiger partial charge in [0, 0.05) is 36.8 Å². The van der Waals surface area contributed by atoms with E-state index in [4.69, 9.17) is 4.42 Å². The first-order valence-corrected chi connectivity index (χ1v) is 9.80. The third kappa shape index (κ3) is 3.33. The quantitative estimate of drug-likeness (QED) is 0.486. The second-order valence-corrected chi connectivity index (χ2v) is 7.40. The molecular weight excluding hydrogens is 423 g/mol. The van der Waals surface area contributed by atoms with E-state index in [0.29, 0.717) is 24.2 Å². The van der Waals surface area contributed by atoms with Crippen molar-refractivity contribution in [2.24, 2.45) is 7.05 Å². The lowest BCUT2D eigenvalue weighted by Crippen LogP contribution is -2.36. The minimum absolute atomic E-state index is 0.0167. The molecule has 0 aliphatic carbocycles. The molecule has 0 fully saturated rings. The Labute approximate surface area is 180 Å². The van der Waals surface area contributed by atoms with E-state index in [0.717, 1.165) is 17.8 Å². The van der Waals surface area contributed by atoms with E-state index in [1.807, 2.05) is 0 Å². The summed E-state index contributed by atoms with van der Waals surface area (Å²) in [5.74, 6) is -2.90. The summed E-state index contributed by atoms with van der Waals surface area (Å²) in [5, 5.41) is 12.4. The van der Waals surface area contributed by atoms with Crippen LogP contribution < -0.4 is 0 Å². The Morgan fingerprint density at radius 1 is 1.00 bits per heavy atom. The minimum Gasteiger partial charge on any atom is -0.414 e. The number of carbonyl (C=O) groups is 1. The third-order valence-corrected chi connectivity index (χ3v) is 5.43. The van der Waals surface area contributed by atoms with Gasteiger partial charge in [0.15, 0.2) is 17.3 Å². The van der Waals surface area contributed by atoms with E-state index in [9.17, 15) is 18.0 Å². The molecule has 2 aromatic heterocycles. The van der Waals surface area contributed by atoms with Gasteiger partial charge in [-0.3, -0.25) is 9.48 Å². The molecule has 0 spiro atoms. The predicted octanol–water partition coefficient (Wildman–Crippen LogP) is 3.75. The van der Waals surface area contributed by atoms with Crippen molar-refractivity contribution in [3.8, 4) is 23.0 Å². The Morgan fingerprint density at radius 3 is 2.56 bits per heavy atom. The van der Waals surface area contributed by atoms with Crippen LogP contribution in [0.1, 0.15) is 21.6 Å². The van der Waals surface area contributed by atoms with Crippen LogP contribution in [0.15, 0.2) is 46.9 Å². The van der Waals surface area contributed by atoms with Gasteiger partial charge in [-0.2, -0.15) is 5.10 Å². The summed E-state index contributed by atoms with van der Waals surface area (Å²) in [4.78, 5) is 14.4. The molecule has 1 aliphatic heterocycles. The SMILES string of the molecule is Cn1nc(-c2nnc(-c3ccccc3F)o2)c2c1CCN(C(=O)c1ccc(F)c(F)c1)C2. The molecule has 0 saturated carbocycles. The van der Waals surface area contributed by atoms with Crippen molar-refractivity contribution in [3.63, 3.8) is 0 Å². The van der Waals surface area contributed by atoms with E-state index in [2.05, 4.69) is 15.3 Å². The number of fused-ring (bicyclic) bond motifs is 1. The Kier molecular flexibility index (Phi) is 4.76. The van der Waals surface area contributed by atoms with Gasteiger partial charge in [0.25, 0.3) is 17.7 Å². The van der Waals surface area contributed by atoms with Crippen LogP contribution in [0.25, 0.3) is 23.0 Å². The summed E-state index contributed by atoms with van der Waals surface area (Å²) in [5.41, 5.74) is 2.21. The van der Waals surface area contributed by atoms with Gasteiger partial charge in [-0.1, -0.05) is 12.1 Å². The van der Waals surface area contributed by atoms with Gasteiger partial charge in [0.1, 0.15) is 5.82 Å². The zero-order valence-corrected chi connectivity index (χ0v) is 16.8. The van der Waals surface area contributed by atoms with Gasteiger partial charge < -0.3 is 9.32 Å². The highest BCUT2D eigenvalue weighted by atomic mass is 19.2. The van der Waals surface area contributed by atoms with E-state index < -0.39 is 23.4 Å². The van der Waals surface area contributed by atoms with Crippen LogP contribution in [0.3, 0.4) is 0 Å². The van der Waals surface area contributed by atoms with Crippen LogP contribution in [0.5, 0.6) is 0 Å². The molecule has 3 heterocycles. The second kappa shape index (κ2) is 7.63. The highest BCUT2D eigenvalue weighted by molar-refractivity contribution is 5.94. The van der Waals surface area contributed by atoms with E-state index in [-0.39, 0.29) is 29.5 Å². The van der Waals surface area contributed by atoms with Crippen molar-refractivity contribution in [2.75, 3.05) is 6.54 Å².